The van der Waals surface area contributed by atoms with E-state index in [4.69, 9.17) is 0 Å². The predicted molar refractivity (Wildman–Crippen MR) is 99.5 cm³/mol. The third-order valence-electron chi connectivity index (χ3n) is 5.71. The molecule has 8 nitrogen and oxygen atoms in total. The number of aromatic amines is 1. The van der Waals surface area contributed by atoms with E-state index in [-0.39, 0.29) is 23.3 Å². The van der Waals surface area contributed by atoms with Gasteiger partial charge in [0.2, 0.25) is 11.8 Å². The number of carbonyl (C=O) groups excluding carboxylic acids is 2. The Labute approximate surface area is 157 Å². The molecule has 144 valence electrons. The van der Waals surface area contributed by atoms with Gasteiger partial charge in [0.05, 0.1) is 0 Å². The fourth-order valence-corrected chi connectivity index (χ4v) is 4.25. The number of carbonyl (C=O) groups is 2. The van der Waals surface area contributed by atoms with Gasteiger partial charge in [-0.2, -0.15) is 0 Å². The molecule has 0 bridgehead atoms. The van der Waals surface area contributed by atoms with Crippen molar-refractivity contribution in [3.8, 4) is 0 Å². The van der Waals surface area contributed by atoms with Crippen molar-refractivity contribution in [3.63, 3.8) is 0 Å². The number of aromatic nitrogens is 3. The second-order valence-corrected chi connectivity index (χ2v) is 7.63. The Balaban J connectivity index is 1.52. The summed E-state index contributed by atoms with van der Waals surface area (Å²) in [6.45, 7) is 5.59. The standard InChI is InChI=1S/C19H25N5O3/c1-12-9-18(26)24-16(20-12)10-15(21-24)14-5-3-7-22(11-14)19(27)13(2)23-8-4-6-17(23)25/h9-10,13-14,21H,3-8,11H2,1-2H3. The molecule has 2 aliphatic rings. The second kappa shape index (κ2) is 6.83. The van der Waals surface area contributed by atoms with E-state index in [1.165, 1.54) is 10.6 Å². The molecule has 1 N–H and O–H groups in total. The molecule has 2 saturated heterocycles. The Kier molecular flexibility index (Phi) is 4.49. The molecule has 0 aliphatic carbocycles. The molecule has 4 rings (SSSR count). The molecular weight excluding hydrogens is 346 g/mol. The quantitative estimate of drug-likeness (QED) is 0.873. The summed E-state index contributed by atoms with van der Waals surface area (Å²) in [5.41, 5.74) is 2.09. The first-order valence-corrected chi connectivity index (χ1v) is 9.61. The Morgan fingerprint density at radius 3 is 2.81 bits per heavy atom. The average Bonchev–Trinajstić information content (AvgIpc) is 3.27. The van der Waals surface area contributed by atoms with Gasteiger partial charge in [-0.05, 0) is 33.1 Å². The highest BCUT2D eigenvalue weighted by atomic mass is 16.2. The number of amides is 2. The van der Waals surface area contributed by atoms with Gasteiger partial charge >= 0.3 is 0 Å². The summed E-state index contributed by atoms with van der Waals surface area (Å²) in [4.78, 5) is 45.0. The lowest BCUT2D eigenvalue weighted by molar-refractivity contribution is -0.143. The first kappa shape index (κ1) is 17.8. The molecule has 0 radical (unpaired) electrons. The number of hydrogen-bond acceptors (Lipinski definition) is 4. The normalized spacial score (nSPS) is 21.9. The van der Waals surface area contributed by atoms with Crippen LogP contribution in [0.15, 0.2) is 16.9 Å². The lowest BCUT2D eigenvalue weighted by Gasteiger charge is -2.36. The van der Waals surface area contributed by atoms with Gasteiger partial charge in [-0.3, -0.25) is 19.5 Å². The minimum atomic E-state index is -0.409. The maximum Gasteiger partial charge on any atom is 0.272 e. The van der Waals surface area contributed by atoms with Crippen molar-refractivity contribution in [1.82, 2.24) is 24.4 Å². The second-order valence-electron chi connectivity index (χ2n) is 7.63. The number of H-pyrrole nitrogens is 1. The molecule has 2 aliphatic heterocycles. The summed E-state index contributed by atoms with van der Waals surface area (Å²) in [5, 5.41) is 3.15. The summed E-state index contributed by atoms with van der Waals surface area (Å²) in [6, 6.07) is 2.99. The van der Waals surface area contributed by atoms with Crippen LogP contribution in [-0.4, -0.2) is 61.9 Å². The molecule has 2 aromatic rings. The molecule has 2 fully saturated rings. The van der Waals surface area contributed by atoms with E-state index in [1.807, 2.05) is 17.9 Å². The Morgan fingerprint density at radius 2 is 2.07 bits per heavy atom. The maximum absolute atomic E-state index is 12.9. The van der Waals surface area contributed by atoms with Crippen LogP contribution in [0.1, 0.15) is 49.9 Å². The molecular formula is C19H25N5O3. The fraction of sp³-hybridized carbons (Fsp3) is 0.579. The molecule has 8 heteroatoms. The lowest BCUT2D eigenvalue weighted by Crippen LogP contribution is -2.50. The minimum Gasteiger partial charge on any atom is -0.340 e. The Morgan fingerprint density at radius 1 is 1.26 bits per heavy atom. The number of nitrogens with zero attached hydrogens (tertiary/aromatic N) is 4. The zero-order chi connectivity index (χ0) is 19.1. The first-order chi connectivity index (χ1) is 12.9. The minimum absolute atomic E-state index is 0.0113. The van der Waals surface area contributed by atoms with Crippen molar-refractivity contribution in [2.24, 2.45) is 0 Å². The van der Waals surface area contributed by atoms with E-state index in [2.05, 4.69) is 10.1 Å². The van der Waals surface area contributed by atoms with Crippen molar-refractivity contribution in [2.45, 2.75) is 51.5 Å². The largest absolute Gasteiger partial charge is 0.340 e. The highest BCUT2D eigenvalue weighted by Gasteiger charge is 2.34. The summed E-state index contributed by atoms with van der Waals surface area (Å²) >= 11 is 0. The number of hydrogen-bond donors (Lipinski definition) is 1. The van der Waals surface area contributed by atoms with Crippen LogP contribution in [0.5, 0.6) is 0 Å². The summed E-state index contributed by atoms with van der Waals surface area (Å²) in [5.74, 6) is 0.212. The average molecular weight is 371 g/mol. The van der Waals surface area contributed by atoms with Gasteiger partial charge in [-0.1, -0.05) is 0 Å². The highest BCUT2D eigenvalue weighted by molar-refractivity contribution is 5.88. The third-order valence-corrected chi connectivity index (χ3v) is 5.71. The zero-order valence-electron chi connectivity index (χ0n) is 15.8. The molecule has 0 aromatic carbocycles. The predicted octanol–water partition coefficient (Wildman–Crippen LogP) is 1.05. The third kappa shape index (κ3) is 3.24. The van der Waals surface area contributed by atoms with E-state index in [9.17, 15) is 14.4 Å². The highest BCUT2D eigenvalue weighted by Crippen LogP contribution is 2.27. The first-order valence-electron chi connectivity index (χ1n) is 9.61. The molecule has 2 atom stereocenters. The molecule has 27 heavy (non-hydrogen) atoms. The van der Waals surface area contributed by atoms with E-state index < -0.39 is 6.04 Å². The number of aryl methyl sites for hydroxylation is 1. The van der Waals surface area contributed by atoms with Gasteiger partial charge in [0, 0.05) is 55.5 Å². The van der Waals surface area contributed by atoms with Crippen LogP contribution in [0.2, 0.25) is 0 Å². The maximum atomic E-state index is 12.9. The van der Waals surface area contributed by atoms with Crippen LogP contribution >= 0.6 is 0 Å². The summed E-state index contributed by atoms with van der Waals surface area (Å²) in [6.07, 6.45) is 3.21. The van der Waals surface area contributed by atoms with Gasteiger partial charge in [0.15, 0.2) is 5.65 Å². The van der Waals surface area contributed by atoms with Crippen LogP contribution in [0.4, 0.5) is 0 Å². The van der Waals surface area contributed by atoms with Crippen LogP contribution in [0.25, 0.3) is 5.65 Å². The topological polar surface area (TPSA) is 90.8 Å². The number of piperidine rings is 1. The van der Waals surface area contributed by atoms with Crippen LogP contribution < -0.4 is 5.56 Å². The number of rotatable bonds is 3. The van der Waals surface area contributed by atoms with E-state index in [0.29, 0.717) is 37.4 Å². The molecule has 2 unspecified atom stereocenters. The van der Waals surface area contributed by atoms with Gasteiger partial charge in [-0.25, -0.2) is 9.50 Å². The van der Waals surface area contributed by atoms with E-state index in [1.54, 1.807) is 11.8 Å². The van der Waals surface area contributed by atoms with E-state index >= 15 is 0 Å². The number of fused-ring (bicyclic) bond motifs is 1. The van der Waals surface area contributed by atoms with Gasteiger partial charge < -0.3 is 9.80 Å². The van der Waals surface area contributed by atoms with Crippen molar-refractivity contribution in [3.05, 3.63) is 33.9 Å². The fourth-order valence-electron chi connectivity index (χ4n) is 4.25. The van der Waals surface area contributed by atoms with Crippen molar-refractivity contribution < 1.29 is 9.59 Å². The van der Waals surface area contributed by atoms with Crippen LogP contribution in [0.3, 0.4) is 0 Å². The van der Waals surface area contributed by atoms with Crippen LogP contribution in [0, 0.1) is 6.92 Å². The monoisotopic (exact) mass is 371 g/mol. The Hall–Kier alpha value is -2.64. The van der Waals surface area contributed by atoms with Crippen molar-refractivity contribution in [1.29, 1.82) is 0 Å². The van der Waals surface area contributed by atoms with E-state index in [0.717, 1.165) is 25.0 Å². The summed E-state index contributed by atoms with van der Waals surface area (Å²) < 4.78 is 1.45. The molecule has 2 aromatic heterocycles. The SMILES string of the molecule is Cc1cc(=O)n2[nH]c(C3CCCN(C(=O)C(C)N4CCCC4=O)C3)cc2n1. The molecule has 0 spiro atoms. The number of likely N-dealkylation sites (tertiary alicyclic amines) is 2. The Bertz CT molecular complexity index is 946. The van der Waals surface area contributed by atoms with Gasteiger partial charge in [0.25, 0.3) is 5.56 Å². The van der Waals surface area contributed by atoms with Gasteiger partial charge in [-0.15, -0.1) is 0 Å². The van der Waals surface area contributed by atoms with Crippen LogP contribution in [-0.2, 0) is 9.59 Å². The summed E-state index contributed by atoms with van der Waals surface area (Å²) in [7, 11) is 0. The van der Waals surface area contributed by atoms with Crippen molar-refractivity contribution in [2.75, 3.05) is 19.6 Å². The lowest BCUT2D eigenvalue weighted by atomic mass is 9.94. The van der Waals surface area contributed by atoms with Gasteiger partial charge in [0.1, 0.15) is 6.04 Å². The molecule has 2 amide bonds. The molecule has 4 heterocycles. The molecule has 0 saturated carbocycles. The smallest absolute Gasteiger partial charge is 0.272 e. The zero-order valence-corrected chi connectivity index (χ0v) is 15.8. The van der Waals surface area contributed by atoms with Crippen molar-refractivity contribution >= 4 is 17.5 Å². The number of nitrogens with one attached hydrogen (secondary N) is 1.